The fourth-order valence-corrected chi connectivity index (χ4v) is 7.66. The number of methoxy groups -OCH3 is 2. The van der Waals surface area contributed by atoms with Crippen molar-refractivity contribution in [2.45, 2.75) is 82.8 Å². The van der Waals surface area contributed by atoms with Crippen LogP contribution in [0.5, 0.6) is 0 Å². The molecule has 0 spiro atoms. The summed E-state index contributed by atoms with van der Waals surface area (Å²) in [7, 11) is 4.13. The van der Waals surface area contributed by atoms with Gasteiger partial charge in [0.05, 0.1) is 48.6 Å². The summed E-state index contributed by atoms with van der Waals surface area (Å²) in [5.41, 5.74) is 4.97. The molecular weight excluding hydrogens is 732 g/mol. The van der Waals surface area contributed by atoms with E-state index in [1.807, 2.05) is 49.4 Å². The Bertz CT molecular complexity index is 2140. The van der Waals surface area contributed by atoms with Crippen molar-refractivity contribution in [1.82, 2.24) is 40.0 Å². The number of fused-ring (bicyclic) bond motifs is 1. The third kappa shape index (κ3) is 8.90. The molecule has 2 aliphatic heterocycles. The minimum absolute atomic E-state index is 0.273. The van der Waals surface area contributed by atoms with E-state index in [2.05, 4.69) is 32.1 Å². The maximum Gasteiger partial charge on any atom is 0.407 e. The van der Waals surface area contributed by atoms with Gasteiger partial charge in [-0.2, -0.15) is 0 Å². The fourth-order valence-electron chi connectivity index (χ4n) is 7.66. The molecule has 6 rings (SSSR count). The molecule has 0 saturated carbocycles. The molecule has 2 aromatic carbocycles. The van der Waals surface area contributed by atoms with Crippen molar-refractivity contribution in [3.8, 4) is 23.0 Å². The van der Waals surface area contributed by atoms with E-state index < -0.39 is 36.5 Å². The molecule has 0 radical (unpaired) electrons. The van der Waals surface area contributed by atoms with E-state index in [9.17, 15) is 24.3 Å². The summed E-state index contributed by atoms with van der Waals surface area (Å²) in [6.07, 6.45) is 1.55. The Morgan fingerprint density at radius 1 is 0.930 bits per heavy atom. The molecule has 2 fully saturated rings. The highest BCUT2D eigenvalue weighted by Gasteiger charge is 2.41. The number of imidazole rings is 2. The number of carboxylic acid groups (broad SMARTS) is 1. The van der Waals surface area contributed by atoms with E-state index in [4.69, 9.17) is 19.2 Å². The molecule has 302 valence electrons. The zero-order chi connectivity index (χ0) is 40.8. The van der Waals surface area contributed by atoms with E-state index in [1.54, 1.807) is 29.8 Å². The molecule has 2 aliphatic rings. The third-order valence-electron chi connectivity index (χ3n) is 10.8. The molecule has 57 heavy (non-hydrogen) atoms. The molecule has 2 saturated heterocycles. The van der Waals surface area contributed by atoms with Crippen LogP contribution in [0.25, 0.3) is 22.2 Å². The second-order valence-corrected chi connectivity index (χ2v) is 14.3. The number of hydrogen-bond donors (Lipinski definition) is 4. The first-order chi connectivity index (χ1) is 27.4. The highest BCUT2D eigenvalue weighted by Crippen LogP contribution is 2.34. The Hall–Kier alpha value is -5.92. The summed E-state index contributed by atoms with van der Waals surface area (Å²) in [5, 5.41) is 12.3. The summed E-state index contributed by atoms with van der Waals surface area (Å²) >= 11 is 0. The summed E-state index contributed by atoms with van der Waals surface area (Å²) < 4.78 is 15.8. The first kappa shape index (κ1) is 40.7. The predicted octanol–water partition coefficient (Wildman–Crippen LogP) is 4.84. The van der Waals surface area contributed by atoms with E-state index >= 15 is 0 Å². The second-order valence-electron chi connectivity index (χ2n) is 14.3. The molecule has 6 atom stereocenters. The van der Waals surface area contributed by atoms with Crippen LogP contribution in [0.3, 0.4) is 0 Å². The van der Waals surface area contributed by atoms with Crippen molar-refractivity contribution < 1.29 is 38.5 Å². The monoisotopic (exact) mass is 782 g/mol. The van der Waals surface area contributed by atoms with Crippen molar-refractivity contribution in [3.63, 3.8) is 0 Å². The van der Waals surface area contributed by atoms with Crippen molar-refractivity contribution in [2.75, 3.05) is 41.0 Å². The Morgan fingerprint density at radius 2 is 1.60 bits per heavy atom. The Labute approximate surface area is 331 Å². The molecule has 2 aromatic heterocycles. The topological polar surface area (TPSA) is 195 Å². The van der Waals surface area contributed by atoms with Crippen molar-refractivity contribution >= 4 is 35.0 Å². The van der Waals surface area contributed by atoms with Gasteiger partial charge in [0.15, 0.2) is 0 Å². The second kappa shape index (κ2) is 17.9. The maximum atomic E-state index is 13.8. The van der Waals surface area contributed by atoms with Gasteiger partial charge in [-0.1, -0.05) is 24.1 Å². The molecule has 4 N–H and O–H groups in total. The van der Waals surface area contributed by atoms with Crippen molar-refractivity contribution in [1.29, 1.82) is 0 Å². The van der Waals surface area contributed by atoms with Gasteiger partial charge in [0.2, 0.25) is 11.8 Å². The van der Waals surface area contributed by atoms with Crippen molar-refractivity contribution in [2.24, 2.45) is 0 Å². The van der Waals surface area contributed by atoms with E-state index in [-0.39, 0.29) is 23.9 Å². The average Bonchev–Trinajstić information content (AvgIpc) is 4.05. The van der Waals surface area contributed by atoms with Gasteiger partial charge in [0.25, 0.3) is 0 Å². The lowest BCUT2D eigenvalue weighted by atomic mass is 10.0. The van der Waals surface area contributed by atoms with Gasteiger partial charge in [0, 0.05) is 39.4 Å². The zero-order valence-corrected chi connectivity index (χ0v) is 33.1. The first-order valence-corrected chi connectivity index (χ1v) is 19.2. The summed E-state index contributed by atoms with van der Waals surface area (Å²) in [4.78, 5) is 71.8. The van der Waals surface area contributed by atoms with Crippen LogP contribution in [-0.2, 0) is 23.8 Å². The third-order valence-corrected chi connectivity index (χ3v) is 10.8. The van der Waals surface area contributed by atoms with Gasteiger partial charge in [-0.25, -0.2) is 19.6 Å². The van der Waals surface area contributed by atoms with Crippen LogP contribution in [0.1, 0.15) is 81.4 Å². The number of ether oxygens (including phenoxy) is 3. The summed E-state index contributed by atoms with van der Waals surface area (Å²) in [5.74, 6) is 7.04. The van der Waals surface area contributed by atoms with E-state index in [0.717, 1.165) is 45.5 Å². The quantitative estimate of drug-likeness (QED) is 0.144. The number of likely N-dealkylation sites (tertiary alicyclic amines) is 2. The number of carbonyl (C=O) groups excluding carboxylic acids is 3. The number of nitrogens with one attached hydrogen (secondary N) is 3. The molecule has 0 unspecified atom stereocenters. The number of nitrogens with zero attached hydrogens (tertiary/aromatic N) is 5. The minimum atomic E-state index is -1.19. The van der Waals surface area contributed by atoms with Gasteiger partial charge < -0.3 is 44.4 Å². The lowest BCUT2D eigenvalue weighted by Gasteiger charge is -2.34. The van der Waals surface area contributed by atoms with Crippen LogP contribution in [-0.4, -0.2) is 129 Å². The van der Waals surface area contributed by atoms with Crippen molar-refractivity contribution in [3.05, 3.63) is 71.6 Å². The van der Waals surface area contributed by atoms with Gasteiger partial charge in [-0.05, 0) is 87.8 Å². The number of rotatable bonds is 12. The van der Waals surface area contributed by atoms with Gasteiger partial charge in [-0.3, -0.25) is 14.5 Å². The number of H-pyrrole nitrogens is 2. The largest absolute Gasteiger partial charge is 0.465 e. The van der Waals surface area contributed by atoms with Gasteiger partial charge in [-0.15, -0.1) is 0 Å². The molecule has 0 bridgehead atoms. The molecule has 4 aromatic rings. The number of aromatic amines is 2. The first-order valence-electron chi connectivity index (χ1n) is 19.2. The number of aromatic nitrogens is 4. The molecule has 4 heterocycles. The number of likely N-dealkylation sites (N-methyl/N-ethyl adjacent to an activating group) is 1. The van der Waals surface area contributed by atoms with E-state index in [1.165, 1.54) is 21.3 Å². The molecular formula is C41H50N8O8. The number of carbonyl (C=O) groups is 4. The Kier molecular flexibility index (Phi) is 12.8. The number of hydrogen-bond acceptors (Lipinski definition) is 9. The SMILES string of the molecule is CCO[C@H](C)[C@@H](C(=O)N1CCC[C@H]1c1nc2ccc(-c3ccc(C#Cc4cnc([C@@H]5CCCN5C(=O)[C@@H](NC(=O)OC)[C@@H](C)OC)[nH]4)cc3)cc2[nH]1)N(C)C(=O)O. The zero-order valence-electron chi connectivity index (χ0n) is 33.1. The van der Waals surface area contributed by atoms with Crippen LogP contribution >= 0.6 is 0 Å². The molecule has 16 heteroatoms. The van der Waals surface area contributed by atoms with Crippen LogP contribution in [0.4, 0.5) is 9.59 Å². The van der Waals surface area contributed by atoms with E-state index in [0.29, 0.717) is 49.9 Å². The number of alkyl carbamates (subject to hydrolysis) is 1. The fraction of sp³-hybridized carbons (Fsp3) is 0.463. The molecule has 4 amide bonds. The standard InChI is InChI=1S/C41H50N8O8/c1-7-57-25(3)35(47(4)41(53)54)39(51)49-21-9-11-33(49)37-44-30-19-17-28(22-31(30)45-37)27-15-12-26(13-16-27)14-18-29-23-42-36(43-29)32-10-8-20-48(32)38(50)34(24(2)55-5)46-40(52)56-6/h12-13,15-17,19,22-25,32-35H,7-11,20-21H2,1-6H3,(H,42,43)(H,44,45)(H,46,52)(H,53,54)/t24-,25-,32+,33+,34+,35+/m1/s1. The Morgan fingerprint density at radius 3 is 2.25 bits per heavy atom. The summed E-state index contributed by atoms with van der Waals surface area (Å²) in [6, 6.07) is 11.4. The normalized spacial score (nSPS) is 18.7. The predicted molar refractivity (Wildman–Crippen MR) is 210 cm³/mol. The minimum Gasteiger partial charge on any atom is -0.465 e. The molecule has 16 nitrogen and oxygen atoms in total. The lowest BCUT2D eigenvalue weighted by molar-refractivity contribution is -0.142. The van der Waals surface area contributed by atoms with Gasteiger partial charge >= 0.3 is 12.2 Å². The highest BCUT2D eigenvalue weighted by atomic mass is 16.5. The maximum absolute atomic E-state index is 13.8. The average molecular weight is 783 g/mol. The number of benzene rings is 2. The molecule has 0 aliphatic carbocycles. The Balaban J connectivity index is 1.13. The highest BCUT2D eigenvalue weighted by molar-refractivity contribution is 5.88. The lowest BCUT2D eigenvalue weighted by Crippen LogP contribution is -2.54. The van der Waals surface area contributed by atoms with Crippen LogP contribution in [0.15, 0.2) is 48.7 Å². The van der Waals surface area contributed by atoms with Gasteiger partial charge in [0.1, 0.15) is 29.4 Å². The summed E-state index contributed by atoms with van der Waals surface area (Å²) in [6.45, 7) is 6.63. The van der Waals surface area contributed by atoms with Crippen LogP contribution < -0.4 is 5.32 Å². The smallest absolute Gasteiger partial charge is 0.407 e. The van der Waals surface area contributed by atoms with Crippen LogP contribution in [0, 0.1) is 11.8 Å². The number of amides is 4. The van der Waals surface area contributed by atoms with Crippen LogP contribution in [0.2, 0.25) is 0 Å².